The second-order valence-electron chi connectivity index (χ2n) is 4.42. The van der Waals surface area contributed by atoms with Gasteiger partial charge in [0.1, 0.15) is 0 Å². The molecule has 0 amide bonds. The number of aryl methyl sites for hydroxylation is 1. The molecular weight excluding hydrogens is 216 g/mol. The lowest BCUT2D eigenvalue weighted by Gasteiger charge is -2.07. The van der Waals surface area contributed by atoms with Gasteiger partial charge in [0, 0.05) is 16.8 Å². The Labute approximate surface area is 103 Å². The first-order valence-corrected chi connectivity index (χ1v) is 7.20. The third-order valence-corrected chi connectivity index (χ3v) is 4.44. The smallest absolute Gasteiger partial charge is 0.0962 e. The summed E-state index contributed by atoms with van der Waals surface area (Å²) in [6.45, 7) is 8.73. The fourth-order valence-electron chi connectivity index (χ4n) is 1.97. The molecule has 1 unspecified atom stereocenters. The Morgan fingerprint density at radius 2 is 1.88 bits per heavy atom. The first-order chi connectivity index (χ1) is 7.63. The third kappa shape index (κ3) is 3.05. The largest absolute Gasteiger partial charge is 0.323 e. The maximum atomic E-state index is 6.01. The van der Waals surface area contributed by atoms with Gasteiger partial charge in [-0.05, 0) is 26.2 Å². The quantitative estimate of drug-likeness (QED) is 0.815. The van der Waals surface area contributed by atoms with Crippen molar-refractivity contribution >= 4 is 11.3 Å². The number of nitrogens with zero attached hydrogens (tertiary/aromatic N) is 1. The van der Waals surface area contributed by atoms with Gasteiger partial charge in [0.25, 0.3) is 0 Å². The number of thiazole rings is 1. The average Bonchev–Trinajstić information content (AvgIpc) is 2.65. The van der Waals surface area contributed by atoms with Crippen LogP contribution in [-0.4, -0.2) is 4.98 Å². The van der Waals surface area contributed by atoms with E-state index >= 15 is 0 Å². The van der Waals surface area contributed by atoms with Gasteiger partial charge in [-0.3, -0.25) is 0 Å². The zero-order chi connectivity index (χ0) is 12.1. The van der Waals surface area contributed by atoms with Gasteiger partial charge in [-0.2, -0.15) is 0 Å². The summed E-state index contributed by atoms with van der Waals surface area (Å²) in [4.78, 5) is 6.10. The standard InChI is InChI=1S/C13H24N2S/c1-5-8-11-12(9(4)14)16-13(15-11)10(6-2)7-3/h9-10H,5-8,14H2,1-4H3. The van der Waals surface area contributed by atoms with Crippen LogP contribution in [0.2, 0.25) is 0 Å². The van der Waals surface area contributed by atoms with Crippen LogP contribution in [0.15, 0.2) is 0 Å². The summed E-state index contributed by atoms with van der Waals surface area (Å²) >= 11 is 1.83. The van der Waals surface area contributed by atoms with Crippen molar-refractivity contribution in [3.63, 3.8) is 0 Å². The topological polar surface area (TPSA) is 38.9 Å². The average molecular weight is 240 g/mol. The molecule has 1 rings (SSSR count). The molecule has 0 aliphatic carbocycles. The summed E-state index contributed by atoms with van der Waals surface area (Å²) in [6.07, 6.45) is 4.56. The molecule has 16 heavy (non-hydrogen) atoms. The van der Waals surface area contributed by atoms with Crippen molar-refractivity contribution in [3.8, 4) is 0 Å². The molecule has 3 heteroatoms. The van der Waals surface area contributed by atoms with E-state index in [-0.39, 0.29) is 6.04 Å². The van der Waals surface area contributed by atoms with Gasteiger partial charge in [0.2, 0.25) is 0 Å². The highest BCUT2D eigenvalue weighted by Gasteiger charge is 2.18. The van der Waals surface area contributed by atoms with Crippen molar-refractivity contribution in [2.24, 2.45) is 5.73 Å². The van der Waals surface area contributed by atoms with E-state index in [2.05, 4.69) is 27.7 Å². The summed E-state index contributed by atoms with van der Waals surface area (Å²) in [5.41, 5.74) is 7.25. The van der Waals surface area contributed by atoms with Gasteiger partial charge in [-0.25, -0.2) is 4.98 Å². The molecule has 0 fully saturated rings. The van der Waals surface area contributed by atoms with Gasteiger partial charge in [-0.15, -0.1) is 11.3 Å². The zero-order valence-electron chi connectivity index (χ0n) is 10.9. The molecule has 0 radical (unpaired) electrons. The molecule has 92 valence electrons. The van der Waals surface area contributed by atoms with Crippen molar-refractivity contribution in [3.05, 3.63) is 15.6 Å². The van der Waals surface area contributed by atoms with Crippen molar-refractivity contribution in [2.75, 3.05) is 0 Å². The van der Waals surface area contributed by atoms with Crippen LogP contribution in [0.25, 0.3) is 0 Å². The molecule has 0 bridgehead atoms. The van der Waals surface area contributed by atoms with E-state index in [1.54, 1.807) is 0 Å². The van der Waals surface area contributed by atoms with E-state index in [0.717, 1.165) is 12.8 Å². The molecule has 0 saturated carbocycles. The number of aromatic nitrogens is 1. The summed E-state index contributed by atoms with van der Waals surface area (Å²) in [5.74, 6) is 0.619. The fourth-order valence-corrected chi connectivity index (χ4v) is 3.30. The Hall–Kier alpha value is -0.410. The Morgan fingerprint density at radius 3 is 2.31 bits per heavy atom. The molecule has 0 saturated heterocycles. The minimum atomic E-state index is 0.127. The molecule has 1 aromatic rings. The Balaban J connectivity index is 3.00. The summed E-state index contributed by atoms with van der Waals surface area (Å²) in [6, 6.07) is 0.127. The molecule has 1 aromatic heterocycles. The third-order valence-electron chi connectivity index (χ3n) is 2.98. The molecule has 0 aliphatic rings. The molecule has 1 heterocycles. The van der Waals surface area contributed by atoms with Gasteiger partial charge in [0.05, 0.1) is 10.7 Å². The van der Waals surface area contributed by atoms with Gasteiger partial charge >= 0.3 is 0 Å². The molecule has 1 atom stereocenters. The number of hydrogen-bond donors (Lipinski definition) is 1. The fraction of sp³-hybridized carbons (Fsp3) is 0.769. The maximum Gasteiger partial charge on any atom is 0.0962 e. The van der Waals surface area contributed by atoms with Crippen LogP contribution in [-0.2, 0) is 6.42 Å². The monoisotopic (exact) mass is 240 g/mol. The second kappa shape index (κ2) is 6.36. The molecule has 0 aromatic carbocycles. The van der Waals surface area contributed by atoms with E-state index in [4.69, 9.17) is 10.7 Å². The van der Waals surface area contributed by atoms with Crippen molar-refractivity contribution in [1.29, 1.82) is 0 Å². The molecule has 0 spiro atoms. The zero-order valence-corrected chi connectivity index (χ0v) is 11.7. The minimum absolute atomic E-state index is 0.127. The lowest BCUT2D eigenvalue weighted by molar-refractivity contribution is 0.634. The molecular formula is C13H24N2S. The number of rotatable bonds is 6. The molecule has 0 aliphatic heterocycles. The highest BCUT2D eigenvalue weighted by molar-refractivity contribution is 7.11. The van der Waals surface area contributed by atoms with Gasteiger partial charge in [-0.1, -0.05) is 27.2 Å². The van der Waals surface area contributed by atoms with Crippen LogP contribution in [0.4, 0.5) is 0 Å². The Kier molecular flexibility index (Phi) is 5.42. The Bertz CT molecular complexity index is 314. The minimum Gasteiger partial charge on any atom is -0.323 e. The summed E-state index contributed by atoms with van der Waals surface area (Å²) in [7, 11) is 0. The van der Waals surface area contributed by atoms with Crippen LogP contribution in [0.1, 0.15) is 74.5 Å². The number of hydrogen-bond acceptors (Lipinski definition) is 3. The lowest BCUT2D eigenvalue weighted by atomic mass is 10.0. The highest BCUT2D eigenvalue weighted by atomic mass is 32.1. The lowest BCUT2D eigenvalue weighted by Crippen LogP contribution is -2.05. The van der Waals surface area contributed by atoms with E-state index < -0.39 is 0 Å². The van der Waals surface area contributed by atoms with Crippen LogP contribution in [0.3, 0.4) is 0 Å². The first-order valence-electron chi connectivity index (χ1n) is 6.38. The summed E-state index contributed by atoms with van der Waals surface area (Å²) < 4.78 is 0. The normalized spacial score (nSPS) is 13.4. The SMILES string of the molecule is CCCc1nc(C(CC)CC)sc1C(C)N. The van der Waals surface area contributed by atoms with Crippen LogP contribution in [0, 0.1) is 0 Å². The summed E-state index contributed by atoms with van der Waals surface area (Å²) in [5, 5.41) is 1.29. The van der Waals surface area contributed by atoms with Gasteiger partial charge < -0.3 is 5.73 Å². The Morgan fingerprint density at radius 1 is 1.25 bits per heavy atom. The molecule has 2 nitrogen and oxygen atoms in total. The number of nitrogens with two attached hydrogens (primary N) is 1. The van der Waals surface area contributed by atoms with Crippen LogP contribution >= 0.6 is 11.3 Å². The van der Waals surface area contributed by atoms with Gasteiger partial charge in [0.15, 0.2) is 0 Å². The molecule has 2 N–H and O–H groups in total. The van der Waals surface area contributed by atoms with Crippen molar-refractivity contribution < 1.29 is 0 Å². The first kappa shape index (κ1) is 13.7. The van der Waals surface area contributed by atoms with E-state index in [1.165, 1.54) is 28.4 Å². The van der Waals surface area contributed by atoms with Crippen molar-refractivity contribution in [2.45, 2.75) is 65.3 Å². The van der Waals surface area contributed by atoms with Crippen LogP contribution < -0.4 is 5.73 Å². The maximum absolute atomic E-state index is 6.01. The van der Waals surface area contributed by atoms with Crippen LogP contribution in [0.5, 0.6) is 0 Å². The predicted molar refractivity (Wildman–Crippen MR) is 72.0 cm³/mol. The van der Waals surface area contributed by atoms with E-state index in [1.807, 2.05) is 11.3 Å². The highest BCUT2D eigenvalue weighted by Crippen LogP contribution is 2.32. The van der Waals surface area contributed by atoms with E-state index in [9.17, 15) is 0 Å². The second-order valence-corrected chi connectivity index (χ2v) is 5.48. The van der Waals surface area contributed by atoms with Crippen molar-refractivity contribution in [1.82, 2.24) is 4.98 Å². The predicted octanol–water partition coefficient (Wildman–Crippen LogP) is 4.02. The van der Waals surface area contributed by atoms with E-state index in [0.29, 0.717) is 5.92 Å².